The lowest BCUT2D eigenvalue weighted by atomic mass is 9.89. The minimum Gasteiger partial charge on any atom is -0.496 e. The molecule has 28 heavy (non-hydrogen) atoms. The topological polar surface area (TPSA) is 43.3 Å². The predicted octanol–water partition coefficient (Wildman–Crippen LogP) is 4.82. The van der Waals surface area contributed by atoms with Gasteiger partial charge in [0, 0.05) is 29.7 Å². The van der Waals surface area contributed by atoms with E-state index in [9.17, 15) is 0 Å². The number of ether oxygens (including phenoxy) is 3. The fourth-order valence-corrected chi connectivity index (χ4v) is 3.42. The molecule has 0 atom stereocenters. The van der Waals surface area contributed by atoms with E-state index in [-0.39, 0.29) is 0 Å². The van der Waals surface area contributed by atoms with Gasteiger partial charge in [-0.05, 0) is 37.1 Å². The molecule has 3 rings (SSSR count). The van der Waals surface area contributed by atoms with Crippen LogP contribution in [0.25, 0.3) is 0 Å². The summed E-state index contributed by atoms with van der Waals surface area (Å²) in [5.74, 6) is 0.771. The second-order valence-electron chi connectivity index (χ2n) is 7.02. The van der Waals surface area contributed by atoms with Crippen LogP contribution in [0.5, 0.6) is 5.75 Å². The van der Waals surface area contributed by atoms with Crippen LogP contribution in [0.3, 0.4) is 0 Å². The van der Waals surface area contributed by atoms with Crippen molar-refractivity contribution in [2.75, 3.05) is 33.9 Å². The zero-order valence-electron chi connectivity index (χ0n) is 16.9. The van der Waals surface area contributed by atoms with Crippen LogP contribution in [0.1, 0.15) is 23.6 Å². The van der Waals surface area contributed by atoms with Gasteiger partial charge in [0.1, 0.15) is 11.4 Å². The van der Waals surface area contributed by atoms with Gasteiger partial charge in [-0.3, -0.25) is 0 Å². The fraction of sp³-hybridized carbons (Fsp3) is 0.409. The van der Waals surface area contributed by atoms with Crippen LogP contribution in [-0.2, 0) is 21.7 Å². The summed E-state index contributed by atoms with van der Waals surface area (Å²) in [6.07, 6.45) is 1.84. The summed E-state index contributed by atoms with van der Waals surface area (Å²) in [5.41, 5.74) is 3.57. The van der Waals surface area contributed by atoms with Gasteiger partial charge in [0.15, 0.2) is 0 Å². The molecule has 1 aliphatic heterocycles. The van der Waals surface area contributed by atoms with Crippen LogP contribution in [0.2, 0.25) is 0 Å². The monoisotopic (exact) mass is 446 g/mol. The SMILES string of the molecule is CCN(C)C=Nc1cc(OC)c(C2(OCc3ccccc3Br)COC2)cc1C. The molecule has 6 heteroatoms. The van der Waals surface area contributed by atoms with Crippen molar-refractivity contribution in [2.24, 2.45) is 4.99 Å². The van der Waals surface area contributed by atoms with Crippen molar-refractivity contribution < 1.29 is 14.2 Å². The van der Waals surface area contributed by atoms with E-state index in [0.29, 0.717) is 19.8 Å². The zero-order valence-corrected chi connectivity index (χ0v) is 18.5. The molecule has 1 aliphatic rings. The molecular weight excluding hydrogens is 420 g/mol. The van der Waals surface area contributed by atoms with Gasteiger partial charge in [0.05, 0.1) is 39.0 Å². The van der Waals surface area contributed by atoms with Crippen molar-refractivity contribution in [1.82, 2.24) is 4.90 Å². The molecule has 2 aromatic rings. The molecule has 0 bridgehead atoms. The summed E-state index contributed by atoms with van der Waals surface area (Å²) in [4.78, 5) is 6.63. The number of hydrogen-bond donors (Lipinski definition) is 0. The van der Waals surface area contributed by atoms with Crippen LogP contribution >= 0.6 is 15.9 Å². The van der Waals surface area contributed by atoms with Gasteiger partial charge >= 0.3 is 0 Å². The Hall–Kier alpha value is -1.89. The van der Waals surface area contributed by atoms with E-state index in [1.54, 1.807) is 7.11 Å². The molecule has 1 fully saturated rings. The molecule has 0 N–H and O–H groups in total. The maximum atomic E-state index is 6.39. The molecule has 5 nitrogen and oxygen atoms in total. The first-order valence-electron chi connectivity index (χ1n) is 9.37. The van der Waals surface area contributed by atoms with Crippen LogP contribution in [-0.4, -0.2) is 45.2 Å². The average molecular weight is 447 g/mol. The zero-order chi connectivity index (χ0) is 20.1. The van der Waals surface area contributed by atoms with Gasteiger partial charge in [-0.25, -0.2) is 4.99 Å². The minimum absolute atomic E-state index is 0.494. The van der Waals surface area contributed by atoms with E-state index in [0.717, 1.165) is 39.1 Å². The molecule has 1 saturated heterocycles. The van der Waals surface area contributed by atoms with Crippen molar-refractivity contribution >= 4 is 28.0 Å². The number of nitrogens with zero attached hydrogens (tertiary/aromatic N) is 2. The summed E-state index contributed by atoms with van der Waals surface area (Å²) < 4.78 is 18.7. The highest BCUT2D eigenvalue weighted by Crippen LogP contribution is 2.42. The number of aryl methyl sites for hydroxylation is 1. The highest BCUT2D eigenvalue weighted by Gasteiger charge is 2.44. The molecule has 0 aliphatic carbocycles. The van der Waals surface area contributed by atoms with Gasteiger partial charge in [0.2, 0.25) is 0 Å². The first-order chi connectivity index (χ1) is 13.5. The van der Waals surface area contributed by atoms with Gasteiger partial charge in [0.25, 0.3) is 0 Å². The Kier molecular flexibility index (Phi) is 6.75. The normalized spacial score (nSPS) is 15.5. The second-order valence-corrected chi connectivity index (χ2v) is 7.88. The van der Waals surface area contributed by atoms with E-state index in [2.05, 4.69) is 46.9 Å². The Morgan fingerprint density at radius 3 is 2.64 bits per heavy atom. The quantitative estimate of drug-likeness (QED) is 0.430. The van der Waals surface area contributed by atoms with Crippen LogP contribution in [0, 0.1) is 6.92 Å². The van der Waals surface area contributed by atoms with Gasteiger partial charge in [-0.15, -0.1) is 0 Å². The Balaban J connectivity index is 1.88. The maximum Gasteiger partial charge on any atom is 0.143 e. The van der Waals surface area contributed by atoms with E-state index < -0.39 is 5.60 Å². The standard InChI is InChI=1S/C22H27BrN2O3/c1-5-25(3)15-24-20-11-21(26-4)18(10-16(20)2)22(13-27-14-22)28-12-17-8-6-7-9-19(17)23/h6-11,15H,5,12-14H2,1-4H3. The van der Waals surface area contributed by atoms with Crippen molar-refractivity contribution in [3.05, 3.63) is 57.6 Å². The van der Waals surface area contributed by atoms with Crippen molar-refractivity contribution in [3.63, 3.8) is 0 Å². The molecule has 2 aromatic carbocycles. The van der Waals surface area contributed by atoms with E-state index >= 15 is 0 Å². The maximum absolute atomic E-state index is 6.39. The number of benzene rings is 2. The average Bonchev–Trinajstić information content (AvgIpc) is 2.67. The Morgan fingerprint density at radius 2 is 2.04 bits per heavy atom. The third-order valence-corrected chi connectivity index (χ3v) is 5.81. The Morgan fingerprint density at radius 1 is 1.29 bits per heavy atom. The Labute approximate surface area is 175 Å². The molecule has 0 spiro atoms. The summed E-state index contributed by atoms with van der Waals surface area (Å²) in [7, 11) is 3.68. The second kappa shape index (κ2) is 9.07. The molecule has 0 aromatic heterocycles. The molecule has 0 amide bonds. The molecule has 0 unspecified atom stereocenters. The van der Waals surface area contributed by atoms with Crippen molar-refractivity contribution in [2.45, 2.75) is 26.1 Å². The highest BCUT2D eigenvalue weighted by molar-refractivity contribution is 9.10. The number of rotatable bonds is 8. The molecular formula is C22H27BrN2O3. The van der Waals surface area contributed by atoms with Crippen LogP contribution < -0.4 is 4.74 Å². The van der Waals surface area contributed by atoms with Crippen molar-refractivity contribution in [3.8, 4) is 5.75 Å². The van der Waals surface area contributed by atoms with Crippen molar-refractivity contribution in [1.29, 1.82) is 0 Å². The predicted molar refractivity (Wildman–Crippen MR) is 116 cm³/mol. The first-order valence-corrected chi connectivity index (χ1v) is 10.2. The third kappa shape index (κ3) is 4.40. The summed E-state index contributed by atoms with van der Waals surface area (Å²) in [6, 6.07) is 12.2. The van der Waals surface area contributed by atoms with Gasteiger partial charge in [-0.2, -0.15) is 0 Å². The lowest BCUT2D eigenvalue weighted by molar-refractivity contribution is -0.223. The van der Waals surface area contributed by atoms with E-state index in [1.807, 2.05) is 42.6 Å². The fourth-order valence-electron chi connectivity index (χ4n) is 3.02. The highest BCUT2D eigenvalue weighted by atomic mass is 79.9. The van der Waals surface area contributed by atoms with Gasteiger partial charge < -0.3 is 19.1 Å². The smallest absolute Gasteiger partial charge is 0.143 e. The summed E-state index contributed by atoms with van der Waals surface area (Å²) >= 11 is 3.59. The van der Waals surface area contributed by atoms with E-state index in [1.165, 1.54) is 0 Å². The number of hydrogen-bond acceptors (Lipinski definition) is 4. The minimum atomic E-state index is -0.506. The summed E-state index contributed by atoms with van der Waals surface area (Å²) in [5, 5.41) is 0. The summed E-state index contributed by atoms with van der Waals surface area (Å²) in [6.45, 7) is 6.56. The Bertz CT molecular complexity index is 850. The number of aliphatic imine (C=N–C) groups is 1. The molecule has 150 valence electrons. The lowest BCUT2D eigenvalue weighted by Crippen LogP contribution is -2.49. The lowest BCUT2D eigenvalue weighted by Gasteiger charge is -2.42. The van der Waals surface area contributed by atoms with E-state index in [4.69, 9.17) is 14.2 Å². The number of methoxy groups -OCH3 is 1. The first kappa shape index (κ1) is 20.8. The van der Waals surface area contributed by atoms with Gasteiger partial charge in [-0.1, -0.05) is 34.1 Å². The third-order valence-electron chi connectivity index (χ3n) is 5.03. The van der Waals surface area contributed by atoms with Crippen LogP contribution in [0.15, 0.2) is 45.9 Å². The molecule has 0 saturated carbocycles. The molecule has 0 radical (unpaired) electrons. The number of halogens is 1. The molecule has 1 heterocycles. The largest absolute Gasteiger partial charge is 0.496 e. The van der Waals surface area contributed by atoms with Crippen LogP contribution in [0.4, 0.5) is 5.69 Å².